The predicted molar refractivity (Wildman–Crippen MR) is 55.6 cm³/mol. The molecule has 0 radical (unpaired) electrons. The summed E-state index contributed by atoms with van der Waals surface area (Å²) in [5, 5.41) is 21.3. The van der Waals surface area contributed by atoms with E-state index in [-0.39, 0.29) is 17.2 Å². The second kappa shape index (κ2) is 4.02. The molecule has 0 aliphatic rings. The van der Waals surface area contributed by atoms with E-state index in [1.54, 1.807) is 6.92 Å². The summed E-state index contributed by atoms with van der Waals surface area (Å²) in [5.74, 6) is -0.904. The molecule has 0 amide bonds. The lowest BCUT2D eigenvalue weighted by Crippen LogP contribution is -2.04. The first kappa shape index (κ1) is 10.8. The summed E-state index contributed by atoms with van der Waals surface area (Å²) in [6, 6.07) is 3.43. The molecule has 1 N–H and O–H groups in total. The van der Waals surface area contributed by atoms with Crippen molar-refractivity contribution in [1.82, 2.24) is 19.7 Å². The summed E-state index contributed by atoms with van der Waals surface area (Å²) >= 11 is 0. The molecule has 0 bridgehead atoms. The topological polar surface area (TPSA) is 105 Å². The Morgan fingerprint density at radius 3 is 2.88 bits per heavy atom. The van der Waals surface area contributed by atoms with Crippen LogP contribution in [0.2, 0.25) is 0 Å². The van der Waals surface area contributed by atoms with E-state index in [9.17, 15) is 4.79 Å². The summed E-state index contributed by atoms with van der Waals surface area (Å²) in [4.78, 5) is 18.7. The van der Waals surface area contributed by atoms with Crippen LogP contribution in [-0.2, 0) is 0 Å². The van der Waals surface area contributed by atoms with Crippen LogP contribution in [0.1, 0.15) is 21.7 Å². The molecule has 0 saturated carbocycles. The highest BCUT2D eigenvalue weighted by molar-refractivity contribution is 5.86. The second-order valence-electron chi connectivity index (χ2n) is 3.29. The number of hydrogen-bond donors (Lipinski definition) is 1. The van der Waals surface area contributed by atoms with E-state index in [2.05, 4.69) is 15.1 Å². The normalized spacial score (nSPS) is 9.88. The van der Waals surface area contributed by atoms with Crippen LogP contribution in [0.4, 0.5) is 0 Å². The average molecular weight is 229 g/mol. The SMILES string of the molecule is Cc1cc(C#N)nc(-n2cc(C(=O)O)cn2)n1. The van der Waals surface area contributed by atoms with Gasteiger partial charge in [-0.15, -0.1) is 0 Å². The molecule has 0 aliphatic carbocycles. The van der Waals surface area contributed by atoms with Gasteiger partial charge in [-0.3, -0.25) is 0 Å². The van der Waals surface area contributed by atoms with Crippen LogP contribution in [0.15, 0.2) is 18.5 Å². The van der Waals surface area contributed by atoms with Crippen molar-refractivity contribution in [3.63, 3.8) is 0 Å². The first-order chi connectivity index (χ1) is 8.10. The summed E-state index contributed by atoms with van der Waals surface area (Å²) in [6.07, 6.45) is 2.48. The Labute approximate surface area is 96.0 Å². The molecule has 0 spiro atoms. The van der Waals surface area contributed by atoms with Crippen molar-refractivity contribution in [2.75, 3.05) is 0 Å². The Bertz CT molecular complexity index is 626. The van der Waals surface area contributed by atoms with Crippen molar-refractivity contribution in [1.29, 1.82) is 5.26 Å². The Kier molecular flexibility index (Phi) is 2.54. The van der Waals surface area contributed by atoms with E-state index in [0.717, 1.165) is 0 Å². The van der Waals surface area contributed by atoms with E-state index in [4.69, 9.17) is 10.4 Å². The number of aromatic nitrogens is 4. The molecule has 2 heterocycles. The Morgan fingerprint density at radius 1 is 1.53 bits per heavy atom. The summed E-state index contributed by atoms with van der Waals surface area (Å²) in [7, 11) is 0. The lowest BCUT2D eigenvalue weighted by atomic mass is 10.3. The average Bonchev–Trinajstić information content (AvgIpc) is 2.77. The number of aromatic carboxylic acids is 1. The van der Waals surface area contributed by atoms with Gasteiger partial charge in [0.05, 0.1) is 11.8 Å². The Hall–Kier alpha value is -2.75. The minimum atomic E-state index is -1.08. The smallest absolute Gasteiger partial charge is 0.338 e. The predicted octanol–water partition coefficient (Wildman–Crippen LogP) is 0.541. The number of carboxylic acids is 1. The highest BCUT2D eigenvalue weighted by Crippen LogP contribution is 2.06. The number of rotatable bonds is 2. The van der Waals surface area contributed by atoms with Gasteiger partial charge in [0.25, 0.3) is 5.95 Å². The van der Waals surface area contributed by atoms with E-state index in [0.29, 0.717) is 5.69 Å². The van der Waals surface area contributed by atoms with Crippen LogP contribution >= 0.6 is 0 Å². The van der Waals surface area contributed by atoms with E-state index < -0.39 is 5.97 Å². The molecule has 0 saturated heterocycles. The maximum absolute atomic E-state index is 10.7. The van der Waals surface area contributed by atoms with Crippen LogP contribution in [0.5, 0.6) is 0 Å². The van der Waals surface area contributed by atoms with Gasteiger partial charge in [0.15, 0.2) is 0 Å². The maximum Gasteiger partial charge on any atom is 0.338 e. The quantitative estimate of drug-likeness (QED) is 0.805. The third-order valence-electron chi connectivity index (χ3n) is 1.99. The van der Waals surface area contributed by atoms with Gasteiger partial charge in [-0.1, -0.05) is 0 Å². The third-order valence-corrected chi connectivity index (χ3v) is 1.99. The molecular formula is C10H7N5O2. The Balaban J connectivity index is 2.49. The van der Waals surface area contributed by atoms with Crippen LogP contribution in [-0.4, -0.2) is 30.8 Å². The lowest BCUT2D eigenvalue weighted by molar-refractivity contribution is 0.0697. The summed E-state index contributed by atoms with van der Waals surface area (Å²) < 4.78 is 1.22. The highest BCUT2D eigenvalue weighted by Gasteiger charge is 2.09. The number of nitriles is 1. The number of nitrogens with zero attached hydrogens (tertiary/aromatic N) is 5. The van der Waals surface area contributed by atoms with Gasteiger partial charge < -0.3 is 5.11 Å². The van der Waals surface area contributed by atoms with Crippen LogP contribution in [0, 0.1) is 18.3 Å². The largest absolute Gasteiger partial charge is 0.478 e. The minimum Gasteiger partial charge on any atom is -0.478 e. The number of hydrogen-bond acceptors (Lipinski definition) is 5. The number of carbonyl (C=O) groups is 1. The standard InChI is InChI=1S/C10H7N5O2/c1-6-2-8(3-11)14-10(13-6)15-5-7(4-12-15)9(16)17/h2,4-5H,1H3,(H,16,17). The maximum atomic E-state index is 10.7. The van der Waals surface area contributed by atoms with Gasteiger partial charge in [0.1, 0.15) is 11.8 Å². The molecule has 17 heavy (non-hydrogen) atoms. The third kappa shape index (κ3) is 2.10. The van der Waals surface area contributed by atoms with E-state index in [1.165, 1.54) is 23.1 Å². The molecule has 0 fully saturated rings. The Morgan fingerprint density at radius 2 is 2.29 bits per heavy atom. The van der Waals surface area contributed by atoms with Gasteiger partial charge in [-0.05, 0) is 13.0 Å². The molecule has 84 valence electrons. The molecule has 0 aliphatic heterocycles. The molecule has 7 nitrogen and oxygen atoms in total. The van der Waals surface area contributed by atoms with Gasteiger partial charge in [0, 0.05) is 11.9 Å². The molecule has 0 aromatic carbocycles. The second-order valence-corrected chi connectivity index (χ2v) is 3.29. The zero-order valence-corrected chi connectivity index (χ0v) is 8.82. The van der Waals surface area contributed by atoms with Crippen molar-refractivity contribution in [3.05, 3.63) is 35.4 Å². The van der Waals surface area contributed by atoms with Gasteiger partial charge in [0.2, 0.25) is 0 Å². The van der Waals surface area contributed by atoms with Crippen molar-refractivity contribution in [2.45, 2.75) is 6.92 Å². The fourth-order valence-electron chi connectivity index (χ4n) is 1.26. The van der Waals surface area contributed by atoms with E-state index >= 15 is 0 Å². The summed E-state index contributed by atoms with van der Waals surface area (Å²) in [6.45, 7) is 1.72. The fraction of sp³-hybridized carbons (Fsp3) is 0.100. The monoisotopic (exact) mass is 229 g/mol. The highest BCUT2D eigenvalue weighted by atomic mass is 16.4. The first-order valence-corrected chi connectivity index (χ1v) is 4.64. The molecule has 2 rings (SSSR count). The molecule has 7 heteroatoms. The van der Waals surface area contributed by atoms with Crippen molar-refractivity contribution >= 4 is 5.97 Å². The molecular weight excluding hydrogens is 222 g/mol. The molecule has 2 aromatic heterocycles. The van der Waals surface area contributed by atoms with Crippen LogP contribution < -0.4 is 0 Å². The molecule has 0 atom stereocenters. The molecule has 0 unspecified atom stereocenters. The lowest BCUT2D eigenvalue weighted by Gasteiger charge is -2.00. The number of carboxylic acid groups (broad SMARTS) is 1. The molecule has 2 aromatic rings. The van der Waals surface area contributed by atoms with Gasteiger partial charge in [-0.25, -0.2) is 19.4 Å². The van der Waals surface area contributed by atoms with Gasteiger partial charge >= 0.3 is 5.97 Å². The zero-order chi connectivity index (χ0) is 12.4. The van der Waals surface area contributed by atoms with Crippen LogP contribution in [0.3, 0.4) is 0 Å². The van der Waals surface area contributed by atoms with Crippen molar-refractivity contribution in [2.24, 2.45) is 0 Å². The summed E-state index contributed by atoms with van der Waals surface area (Å²) in [5.41, 5.74) is 0.854. The minimum absolute atomic E-state index is 0.0358. The number of aryl methyl sites for hydroxylation is 1. The zero-order valence-electron chi connectivity index (χ0n) is 8.82. The van der Waals surface area contributed by atoms with Crippen molar-refractivity contribution in [3.8, 4) is 12.0 Å². The van der Waals surface area contributed by atoms with E-state index in [1.807, 2.05) is 6.07 Å². The van der Waals surface area contributed by atoms with Gasteiger partial charge in [-0.2, -0.15) is 10.4 Å². The van der Waals surface area contributed by atoms with Crippen LogP contribution in [0.25, 0.3) is 5.95 Å². The fourth-order valence-corrected chi connectivity index (χ4v) is 1.26. The first-order valence-electron chi connectivity index (χ1n) is 4.64. The van der Waals surface area contributed by atoms with Crippen molar-refractivity contribution < 1.29 is 9.90 Å².